The van der Waals surface area contributed by atoms with E-state index in [4.69, 9.17) is 13.9 Å². The number of allylic oxidation sites excluding steroid dienone is 1. The molecule has 4 rings (SSSR count). The number of thiazole rings is 1. The lowest BCUT2D eigenvalue weighted by molar-refractivity contribution is -0.402. The second kappa shape index (κ2) is 8.87. The Morgan fingerprint density at radius 1 is 1.30 bits per heavy atom. The number of hydrogen-bond acceptors (Lipinski definition) is 9. The smallest absolute Gasteiger partial charge is 0.433 e. The predicted octanol–water partition coefficient (Wildman–Crippen LogP) is 2.42. The first-order valence-electron chi connectivity index (χ1n) is 9.92. The van der Waals surface area contributed by atoms with Gasteiger partial charge in [-0.1, -0.05) is 23.5 Å². The molecule has 0 bridgehead atoms. The highest BCUT2D eigenvalue weighted by atomic mass is 32.1. The number of nitro groups is 1. The van der Waals surface area contributed by atoms with Crippen LogP contribution in [0.2, 0.25) is 0 Å². The zero-order chi connectivity index (χ0) is 23.7. The number of aromatic nitrogens is 1. The van der Waals surface area contributed by atoms with E-state index in [1.54, 1.807) is 39.2 Å². The minimum absolute atomic E-state index is 0.0875. The summed E-state index contributed by atoms with van der Waals surface area (Å²) in [6.45, 7) is 3.38. The van der Waals surface area contributed by atoms with Gasteiger partial charge in [0.25, 0.3) is 5.56 Å². The van der Waals surface area contributed by atoms with Crippen LogP contribution in [0.3, 0.4) is 0 Å². The molecule has 0 radical (unpaired) electrons. The number of benzene rings is 1. The average molecular weight is 469 g/mol. The van der Waals surface area contributed by atoms with Gasteiger partial charge in [0.2, 0.25) is 0 Å². The normalized spacial score (nSPS) is 15.7. The van der Waals surface area contributed by atoms with Crippen LogP contribution in [0.25, 0.3) is 11.8 Å². The van der Waals surface area contributed by atoms with Crippen molar-refractivity contribution in [3.63, 3.8) is 0 Å². The Kier molecular flexibility index (Phi) is 5.97. The molecule has 0 fully saturated rings. The van der Waals surface area contributed by atoms with Gasteiger partial charge in [0.05, 0.1) is 29.9 Å². The molecule has 11 heteroatoms. The van der Waals surface area contributed by atoms with Crippen LogP contribution in [0.15, 0.2) is 56.2 Å². The summed E-state index contributed by atoms with van der Waals surface area (Å²) in [5.74, 6) is -0.342. The number of methoxy groups -OCH3 is 1. The van der Waals surface area contributed by atoms with Crippen LogP contribution in [-0.2, 0) is 9.53 Å². The first-order valence-corrected chi connectivity index (χ1v) is 10.7. The maximum atomic E-state index is 13.2. The molecule has 0 saturated carbocycles. The van der Waals surface area contributed by atoms with Crippen molar-refractivity contribution in [2.24, 2.45) is 4.99 Å². The number of esters is 1. The van der Waals surface area contributed by atoms with E-state index in [1.165, 1.54) is 16.7 Å². The molecule has 0 spiro atoms. The van der Waals surface area contributed by atoms with E-state index in [9.17, 15) is 19.7 Å². The Hall–Kier alpha value is -3.99. The average Bonchev–Trinajstić information content (AvgIpc) is 3.40. The zero-order valence-corrected chi connectivity index (χ0v) is 18.8. The van der Waals surface area contributed by atoms with Crippen molar-refractivity contribution in [3.05, 3.63) is 83.1 Å². The van der Waals surface area contributed by atoms with E-state index in [1.807, 2.05) is 12.1 Å². The highest BCUT2D eigenvalue weighted by Crippen LogP contribution is 2.34. The summed E-state index contributed by atoms with van der Waals surface area (Å²) in [6, 6.07) is 8.81. The Morgan fingerprint density at radius 3 is 2.64 bits per heavy atom. The minimum Gasteiger partial charge on any atom is -0.497 e. The maximum Gasteiger partial charge on any atom is 0.433 e. The van der Waals surface area contributed by atoms with Crippen LogP contribution < -0.4 is 19.6 Å². The van der Waals surface area contributed by atoms with Crippen molar-refractivity contribution in [2.75, 3.05) is 13.7 Å². The first kappa shape index (κ1) is 22.2. The van der Waals surface area contributed by atoms with E-state index in [2.05, 4.69) is 4.99 Å². The molecule has 0 unspecified atom stereocenters. The predicted molar refractivity (Wildman–Crippen MR) is 120 cm³/mol. The van der Waals surface area contributed by atoms with Crippen LogP contribution >= 0.6 is 11.3 Å². The van der Waals surface area contributed by atoms with Gasteiger partial charge in [-0.3, -0.25) is 19.5 Å². The molecule has 1 aliphatic rings. The van der Waals surface area contributed by atoms with E-state index < -0.39 is 22.8 Å². The van der Waals surface area contributed by atoms with Crippen molar-refractivity contribution < 1.29 is 23.6 Å². The fourth-order valence-corrected chi connectivity index (χ4v) is 4.50. The van der Waals surface area contributed by atoms with Gasteiger partial charge < -0.3 is 13.9 Å². The Morgan fingerprint density at radius 2 is 2.03 bits per heavy atom. The molecule has 2 aromatic heterocycles. The molecule has 1 aliphatic heterocycles. The standard InChI is InChI=1S/C22H19N3O7S/c1-4-31-21(27)18-12(2)24-20(26)16(11-13-5-7-14(30-3)8-6-13)33-22(24)23-19(18)15-9-10-17(32-15)25(28)29/h5-11,19H,4H2,1-3H3/b16-11-/t19-/m1/s1. The highest BCUT2D eigenvalue weighted by molar-refractivity contribution is 7.07. The Labute approximate surface area is 190 Å². The number of hydrogen-bond donors (Lipinski definition) is 0. The molecule has 3 heterocycles. The molecule has 1 aromatic carbocycles. The van der Waals surface area contributed by atoms with Gasteiger partial charge in [0.15, 0.2) is 4.80 Å². The van der Waals surface area contributed by atoms with Crippen LogP contribution in [0.4, 0.5) is 5.88 Å². The minimum atomic E-state index is -0.982. The number of furan rings is 1. The van der Waals surface area contributed by atoms with E-state index in [0.717, 1.165) is 16.9 Å². The fraction of sp³-hybridized carbons (Fsp3) is 0.227. The van der Waals surface area contributed by atoms with Crippen molar-refractivity contribution in [2.45, 2.75) is 19.9 Å². The van der Waals surface area contributed by atoms with Gasteiger partial charge in [-0.05, 0) is 43.7 Å². The summed E-state index contributed by atoms with van der Waals surface area (Å²) in [6.07, 6.45) is 1.72. The number of ether oxygens (including phenoxy) is 2. The van der Waals surface area contributed by atoms with Gasteiger partial charge in [0, 0.05) is 5.70 Å². The fourth-order valence-electron chi connectivity index (χ4n) is 3.46. The molecule has 33 heavy (non-hydrogen) atoms. The summed E-state index contributed by atoms with van der Waals surface area (Å²) < 4.78 is 17.4. The SMILES string of the molecule is CCOC(=O)C1=C(C)n2c(s/c(=C\c3ccc(OC)cc3)c2=O)=N[C@@H]1c1ccc([N+](=O)[O-])o1. The van der Waals surface area contributed by atoms with Crippen LogP contribution in [-0.4, -0.2) is 29.2 Å². The number of carbonyl (C=O) groups excluding carboxylic acids is 1. The molecule has 170 valence electrons. The van der Waals surface area contributed by atoms with E-state index in [0.29, 0.717) is 20.8 Å². The monoisotopic (exact) mass is 469 g/mol. The van der Waals surface area contributed by atoms with Gasteiger partial charge in [-0.25, -0.2) is 9.79 Å². The summed E-state index contributed by atoms with van der Waals surface area (Å²) in [4.78, 5) is 41.2. The van der Waals surface area contributed by atoms with E-state index >= 15 is 0 Å². The quantitative estimate of drug-likeness (QED) is 0.308. The topological polar surface area (TPSA) is 126 Å². The van der Waals surface area contributed by atoms with Crippen molar-refractivity contribution in [1.29, 1.82) is 0 Å². The van der Waals surface area contributed by atoms with Gasteiger partial charge in [0.1, 0.15) is 22.5 Å². The second-order valence-electron chi connectivity index (χ2n) is 6.99. The highest BCUT2D eigenvalue weighted by Gasteiger charge is 2.34. The number of rotatable bonds is 6. The number of fused-ring (bicyclic) bond motifs is 1. The second-order valence-corrected chi connectivity index (χ2v) is 8.00. The molecule has 0 amide bonds. The lowest BCUT2D eigenvalue weighted by Crippen LogP contribution is -2.35. The van der Waals surface area contributed by atoms with E-state index in [-0.39, 0.29) is 23.5 Å². The Balaban J connectivity index is 1.90. The molecule has 10 nitrogen and oxygen atoms in total. The third-order valence-corrected chi connectivity index (χ3v) is 6.00. The van der Waals surface area contributed by atoms with Crippen LogP contribution in [0.1, 0.15) is 31.2 Å². The van der Waals surface area contributed by atoms with Gasteiger partial charge >= 0.3 is 11.9 Å². The molecule has 1 atom stereocenters. The van der Waals surface area contributed by atoms with Crippen molar-refractivity contribution in [1.82, 2.24) is 4.57 Å². The molecule has 3 aromatic rings. The Bertz CT molecular complexity index is 1440. The summed E-state index contributed by atoms with van der Waals surface area (Å²) in [5.41, 5.74) is 0.873. The lowest BCUT2D eigenvalue weighted by Gasteiger charge is -2.20. The maximum absolute atomic E-state index is 13.2. The molecular formula is C22H19N3O7S. The third kappa shape index (κ3) is 4.10. The number of carbonyl (C=O) groups is 1. The van der Waals surface area contributed by atoms with Gasteiger partial charge in [-0.2, -0.15) is 0 Å². The number of nitrogens with zero attached hydrogens (tertiary/aromatic N) is 3. The van der Waals surface area contributed by atoms with Crippen LogP contribution in [0.5, 0.6) is 5.75 Å². The van der Waals surface area contributed by atoms with Crippen molar-refractivity contribution >= 4 is 35.0 Å². The molecular weight excluding hydrogens is 450 g/mol. The summed E-state index contributed by atoms with van der Waals surface area (Å²) >= 11 is 1.14. The molecule has 0 aliphatic carbocycles. The zero-order valence-electron chi connectivity index (χ0n) is 17.9. The summed E-state index contributed by atoms with van der Waals surface area (Å²) in [7, 11) is 1.57. The third-order valence-electron chi connectivity index (χ3n) is 5.02. The van der Waals surface area contributed by atoms with Gasteiger partial charge in [-0.15, -0.1) is 0 Å². The van der Waals surface area contributed by atoms with Crippen LogP contribution in [0, 0.1) is 10.1 Å². The molecule has 0 N–H and O–H groups in total. The molecule has 0 saturated heterocycles. The summed E-state index contributed by atoms with van der Waals surface area (Å²) in [5, 5.41) is 11.1. The lowest BCUT2D eigenvalue weighted by atomic mass is 10.0. The first-order chi connectivity index (χ1) is 15.8. The van der Waals surface area contributed by atoms with Crippen molar-refractivity contribution in [3.8, 4) is 5.75 Å². The largest absolute Gasteiger partial charge is 0.497 e.